The van der Waals surface area contributed by atoms with Gasteiger partial charge in [0.25, 0.3) is 5.91 Å². The van der Waals surface area contributed by atoms with Crippen LogP contribution in [0.1, 0.15) is 10.4 Å². The summed E-state index contributed by atoms with van der Waals surface area (Å²) in [5, 5.41) is 2.73. The molecule has 0 saturated carbocycles. The van der Waals surface area contributed by atoms with E-state index in [9.17, 15) is 4.79 Å². The van der Waals surface area contributed by atoms with Gasteiger partial charge in [-0.05, 0) is 29.8 Å². The van der Waals surface area contributed by atoms with E-state index in [1.165, 1.54) is 12.3 Å². The Kier molecular flexibility index (Phi) is 4.60. The minimum Gasteiger partial charge on any atom is -0.486 e. The number of carbonyl (C=O) groups excluding carboxylic acids is 1. The molecule has 3 N–H and O–H groups in total. The number of nitrogens with one attached hydrogen (secondary N) is 1. The number of hydrogen-bond acceptors (Lipinski definition) is 4. The summed E-state index contributed by atoms with van der Waals surface area (Å²) in [5.41, 5.74) is 6.18. The average Bonchev–Trinajstić information content (AvgIpc) is 2.83. The third-order valence-electron chi connectivity index (χ3n) is 2.34. The Labute approximate surface area is 125 Å². The van der Waals surface area contributed by atoms with Crippen LogP contribution in [0.3, 0.4) is 0 Å². The summed E-state index contributed by atoms with van der Waals surface area (Å²) in [6.45, 7) is 0.139. The zero-order chi connectivity index (χ0) is 14.5. The zero-order valence-electron chi connectivity index (χ0n) is 10.3. The molecular formula is C13H11ClN2O3S. The summed E-state index contributed by atoms with van der Waals surface area (Å²) in [5.74, 6) is 0.184. The van der Waals surface area contributed by atoms with Crippen LogP contribution < -0.4 is 15.8 Å². The van der Waals surface area contributed by atoms with Crippen LogP contribution in [-0.2, 0) is 0 Å². The quantitative estimate of drug-likeness (QED) is 0.830. The van der Waals surface area contributed by atoms with Crippen LogP contribution in [0.4, 0.5) is 5.69 Å². The Bertz CT molecular complexity index is 642. The summed E-state index contributed by atoms with van der Waals surface area (Å²) < 4.78 is 10.2. The Morgan fingerprint density at radius 1 is 1.45 bits per heavy atom. The number of ether oxygens (including phenoxy) is 1. The third-order valence-corrected chi connectivity index (χ3v) is 2.75. The number of thiocarbonyl (C=S) groups is 1. The first-order valence-electron chi connectivity index (χ1n) is 5.62. The highest BCUT2D eigenvalue weighted by Gasteiger charge is 2.13. The Morgan fingerprint density at radius 3 is 2.90 bits per heavy atom. The Balaban J connectivity index is 2.06. The second kappa shape index (κ2) is 6.40. The van der Waals surface area contributed by atoms with E-state index in [4.69, 9.17) is 38.7 Å². The maximum atomic E-state index is 11.9. The van der Waals surface area contributed by atoms with Crippen molar-refractivity contribution >= 4 is 40.4 Å². The first-order valence-corrected chi connectivity index (χ1v) is 6.40. The maximum absolute atomic E-state index is 11.9. The van der Waals surface area contributed by atoms with Crippen LogP contribution in [0.15, 0.2) is 41.0 Å². The Morgan fingerprint density at radius 2 is 2.25 bits per heavy atom. The van der Waals surface area contributed by atoms with E-state index in [1.807, 2.05) is 0 Å². The maximum Gasteiger partial charge on any atom is 0.260 e. The molecule has 0 aliphatic carbocycles. The van der Waals surface area contributed by atoms with E-state index in [0.717, 1.165) is 0 Å². The number of nitrogens with two attached hydrogens (primary N) is 1. The normalized spacial score (nSPS) is 10.1. The van der Waals surface area contributed by atoms with Crippen molar-refractivity contribution < 1.29 is 13.9 Å². The molecular weight excluding hydrogens is 300 g/mol. The number of furan rings is 1. The Hall–Kier alpha value is -2.05. The largest absolute Gasteiger partial charge is 0.486 e. The lowest BCUT2D eigenvalue weighted by molar-refractivity contribution is 0.102. The van der Waals surface area contributed by atoms with Crippen molar-refractivity contribution in [3.63, 3.8) is 0 Å². The fourth-order valence-electron chi connectivity index (χ4n) is 1.47. The van der Waals surface area contributed by atoms with Gasteiger partial charge in [0, 0.05) is 11.8 Å². The molecule has 0 unspecified atom stereocenters. The second-order valence-corrected chi connectivity index (χ2v) is 4.71. The highest BCUT2D eigenvalue weighted by Crippen LogP contribution is 2.21. The molecule has 0 radical (unpaired) electrons. The van der Waals surface area contributed by atoms with Gasteiger partial charge in [0.15, 0.2) is 0 Å². The molecule has 0 saturated heterocycles. The van der Waals surface area contributed by atoms with Gasteiger partial charge in [-0.1, -0.05) is 18.3 Å². The van der Waals surface area contributed by atoms with E-state index in [1.54, 1.807) is 24.3 Å². The molecule has 2 rings (SSSR count). The molecule has 5 nitrogen and oxygen atoms in total. The summed E-state index contributed by atoms with van der Waals surface area (Å²) in [6, 6.07) is 8.34. The predicted octanol–water partition coefficient (Wildman–Crippen LogP) is 2.85. The van der Waals surface area contributed by atoms with Gasteiger partial charge in [-0.25, -0.2) is 0 Å². The van der Waals surface area contributed by atoms with E-state index >= 15 is 0 Å². The molecule has 7 heteroatoms. The molecule has 0 fully saturated rings. The van der Waals surface area contributed by atoms with Crippen LogP contribution in [0.2, 0.25) is 5.22 Å². The molecule has 0 aliphatic heterocycles. The number of rotatable bonds is 5. The number of carbonyl (C=O) groups is 1. The molecule has 1 amide bonds. The molecule has 1 aromatic heterocycles. The highest BCUT2D eigenvalue weighted by molar-refractivity contribution is 7.80. The first-order chi connectivity index (χ1) is 9.56. The molecule has 0 aliphatic rings. The summed E-state index contributed by atoms with van der Waals surface area (Å²) in [6.07, 6.45) is 1.35. The van der Waals surface area contributed by atoms with Crippen LogP contribution in [-0.4, -0.2) is 17.5 Å². The second-order valence-electron chi connectivity index (χ2n) is 3.84. The number of halogens is 1. The summed E-state index contributed by atoms with van der Waals surface area (Å²) in [7, 11) is 0. The van der Waals surface area contributed by atoms with Gasteiger partial charge in [0.05, 0.1) is 11.8 Å². The average molecular weight is 311 g/mol. The van der Waals surface area contributed by atoms with Gasteiger partial charge in [-0.2, -0.15) is 0 Å². The molecule has 20 heavy (non-hydrogen) atoms. The molecule has 1 aromatic carbocycles. The standard InChI is InChI=1S/C13H11ClN2O3S/c14-12-10(4-5-18-12)13(17)16-8-2-1-3-9(6-8)19-7-11(15)20/h1-6H,7H2,(H2,15,20)(H,16,17). The van der Waals surface area contributed by atoms with Crippen molar-refractivity contribution in [1.29, 1.82) is 0 Å². The van der Waals surface area contributed by atoms with Crippen LogP contribution in [0.5, 0.6) is 5.75 Å². The van der Waals surface area contributed by atoms with Gasteiger partial charge in [-0.15, -0.1) is 0 Å². The monoisotopic (exact) mass is 310 g/mol. The van der Waals surface area contributed by atoms with Crippen LogP contribution >= 0.6 is 23.8 Å². The van der Waals surface area contributed by atoms with Gasteiger partial charge in [-0.3, -0.25) is 4.79 Å². The number of amides is 1. The molecule has 0 spiro atoms. The summed E-state index contributed by atoms with van der Waals surface area (Å²) in [4.78, 5) is 12.2. The van der Waals surface area contributed by atoms with E-state index in [-0.39, 0.29) is 28.3 Å². The molecule has 2 aromatic rings. The molecule has 104 valence electrons. The van der Waals surface area contributed by atoms with Crippen LogP contribution in [0, 0.1) is 0 Å². The van der Waals surface area contributed by atoms with Crippen molar-refractivity contribution in [3.8, 4) is 5.75 Å². The topological polar surface area (TPSA) is 77.5 Å². The smallest absolute Gasteiger partial charge is 0.260 e. The minimum absolute atomic E-state index is 0.0448. The summed E-state index contributed by atoms with van der Waals surface area (Å²) >= 11 is 10.5. The SMILES string of the molecule is NC(=S)COc1cccc(NC(=O)c2ccoc2Cl)c1. The van der Waals surface area contributed by atoms with Crippen molar-refractivity contribution in [2.45, 2.75) is 0 Å². The number of anilines is 1. The van der Waals surface area contributed by atoms with E-state index < -0.39 is 0 Å². The lowest BCUT2D eigenvalue weighted by Gasteiger charge is -2.08. The van der Waals surface area contributed by atoms with Gasteiger partial charge < -0.3 is 20.2 Å². The van der Waals surface area contributed by atoms with Gasteiger partial charge in [0.1, 0.15) is 17.3 Å². The number of benzene rings is 1. The fraction of sp³-hybridized carbons (Fsp3) is 0.0769. The van der Waals surface area contributed by atoms with Crippen molar-refractivity contribution in [1.82, 2.24) is 0 Å². The van der Waals surface area contributed by atoms with Crippen LogP contribution in [0.25, 0.3) is 0 Å². The third kappa shape index (κ3) is 3.72. The molecule has 0 bridgehead atoms. The highest BCUT2D eigenvalue weighted by atomic mass is 35.5. The predicted molar refractivity (Wildman–Crippen MR) is 80.4 cm³/mol. The lowest BCUT2D eigenvalue weighted by Crippen LogP contribution is -2.18. The number of hydrogen-bond donors (Lipinski definition) is 2. The van der Waals surface area contributed by atoms with Crippen molar-refractivity contribution in [2.24, 2.45) is 5.73 Å². The van der Waals surface area contributed by atoms with Gasteiger partial charge >= 0.3 is 0 Å². The molecule has 0 atom stereocenters. The first kappa shape index (κ1) is 14.4. The van der Waals surface area contributed by atoms with Gasteiger partial charge in [0.2, 0.25) is 5.22 Å². The van der Waals surface area contributed by atoms with E-state index in [2.05, 4.69) is 5.32 Å². The lowest BCUT2D eigenvalue weighted by atomic mass is 10.2. The molecule has 1 heterocycles. The zero-order valence-corrected chi connectivity index (χ0v) is 11.8. The van der Waals surface area contributed by atoms with E-state index in [0.29, 0.717) is 11.4 Å². The van der Waals surface area contributed by atoms with Crippen molar-refractivity contribution in [3.05, 3.63) is 47.4 Å². The van der Waals surface area contributed by atoms with Crippen molar-refractivity contribution in [2.75, 3.05) is 11.9 Å². The fourth-order valence-corrected chi connectivity index (χ4v) is 1.73. The minimum atomic E-state index is -0.366.